The van der Waals surface area contributed by atoms with Gasteiger partial charge in [-0.15, -0.1) is 0 Å². The second-order valence-electron chi connectivity index (χ2n) is 14.5. The quantitative estimate of drug-likeness (QED) is 0.0949. The van der Waals surface area contributed by atoms with E-state index >= 15 is 0 Å². The number of unbranched alkanes of at least 4 members (excludes halogenated alkanes) is 1. The van der Waals surface area contributed by atoms with Gasteiger partial charge in [-0.2, -0.15) is 0 Å². The molecule has 1 saturated heterocycles. The Balaban J connectivity index is 1.56. The van der Waals surface area contributed by atoms with Gasteiger partial charge < -0.3 is 29.7 Å². The number of carbonyl (C=O) groups is 4. The lowest BCUT2D eigenvalue weighted by atomic mass is 9.96. The van der Waals surface area contributed by atoms with Gasteiger partial charge in [0, 0.05) is 33.0 Å². The number of aryl methyl sites for hydroxylation is 1. The molecule has 0 radical (unpaired) electrons. The van der Waals surface area contributed by atoms with E-state index in [0.717, 1.165) is 16.7 Å². The van der Waals surface area contributed by atoms with Crippen LogP contribution >= 0.6 is 12.2 Å². The number of likely N-dealkylation sites (tertiary alicyclic amines) is 1. The summed E-state index contributed by atoms with van der Waals surface area (Å²) in [6.07, 6.45) is 3.22. The highest BCUT2D eigenvalue weighted by atomic mass is 32.1. The van der Waals surface area contributed by atoms with Crippen LogP contribution in [-0.2, 0) is 43.4 Å². The molecule has 3 aromatic rings. The number of nitrogens with one attached hydrogen (secondary N) is 1. The molecule has 284 valence electrons. The number of rotatable bonds is 18. The van der Waals surface area contributed by atoms with Gasteiger partial charge >= 0.3 is 5.97 Å². The van der Waals surface area contributed by atoms with Crippen molar-refractivity contribution in [2.45, 2.75) is 96.4 Å². The normalized spacial score (nSPS) is 14.6. The Kier molecular flexibility index (Phi) is 15.5. The van der Waals surface area contributed by atoms with E-state index in [1.165, 1.54) is 4.90 Å². The lowest BCUT2D eigenvalue weighted by molar-refractivity contribution is -0.164. The Morgan fingerprint density at radius 1 is 0.925 bits per heavy atom. The van der Waals surface area contributed by atoms with Crippen molar-refractivity contribution in [2.24, 2.45) is 5.92 Å². The van der Waals surface area contributed by atoms with Crippen LogP contribution in [0, 0.1) is 5.92 Å². The monoisotopic (exact) mass is 743 g/mol. The Hall–Kier alpha value is -4.61. The number of ether oxygens (including phenoxy) is 2. The van der Waals surface area contributed by atoms with Gasteiger partial charge in [0.05, 0.1) is 10.9 Å². The maximum atomic E-state index is 14.4. The van der Waals surface area contributed by atoms with Gasteiger partial charge in [0.1, 0.15) is 30.0 Å². The van der Waals surface area contributed by atoms with Crippen LogP contribution in [0.5, 0.6) is 5.75 Å². The number of benzene rings is 3. The largest absolute Gasteiger partial charge is 0.489 e. The lowest BCUT2D eigenvalue weighted by Crippen LogP contribution is -2.54. The number of amides is 3. The molecule has 1 aliphatic rings. The highest BCUT2D eigenvalue weighted by Gasteiger charge is 2.38. The second-order valence-corrected chi connectivity index (χ2v) is 14.9. The maximum absolute atomic E-state index is 14.4. The molecule has 11 heteroatoms. The Morgan fingerprint density at radius 2 is 1.58 bits per heavy atom. The third-order valence-corrected chi connectivity index (χ3v) is 9.56. The fourth-order valence-electron chi connectivity index (χ4n) is 6.37. The molecule has 53 heavy (non-hydrogen) atoms. The zero-order chi connectivity index (χ0) is 38.4. The zero-order valence-corrected chi connectivity index (χ0v) is 32.1. The number of hydrogen-bond donors (Lipinski definition) is 2. The topological polar surface area (TPSA) is 125 Å². The van der Waals surface area contributed by atoms with Gasteiger partial charge in [-0.05, 0) is 88.1 Å². The van der Waals surface area contributed by atoms with E-state index in [1.807, 2.05) is 84.9 Å². The number of aliphatic hydroxyl groups is 1. The minimum absolute atomic E-state index is 0.0256. The first kappa shape index (κ1) is 41.2. The van der Waals surface area contributed by atoms with Crippen molar-refractivity contribution in [3.05, 3.63) is 102 Å². The minimum Gasteiger partial charge on any atom is -0.489 e. The number of esters is 1. The molecule has 3 aromatic carbocycles. The molecule has 2 N–H and O–H groups in total. The number of aliphatic hydroxyl groups excluding tert-OH is 1. The molecule has 0 spiro atoms. The second kappa shape index (κ2) is 20.0. The summed E-state index contributed by atoms with van der Waals surface area (Å²) >= 11 is 5.85. The molecule has 0 aromatic heterocycles. The molecule has 2 unspecified atom stereocenters. The van der Waals surface area contributed by atoms with Gasteiger partial charge in [-0.1, -0.05) is 85.0 Å². The lowest BCUT2D eigenvalue weighted by Gasteiger charge is -2.33. The predicted molar refractivity (Wildman–Crippen MR) is 208 cm³/mol. The summed E-state index contributed by atoms with van der Waals surface area (Å²) < 4.78 is 11.7. The van der Waals surface area contributed by atoms with Crippen molar-refractivity contribution < 1.29 is 33.8 Å². The van der Waals surface area contributed by atoms with E-state index in [1.54, 1.807) is 32.7 Å². The highest BCUT2D eigenvalue weighted by molar-refractivity contribution is 7.80. The van der Waals surface area contributed by atoms with Gasteiger partial charge in [0.15, 0.2) is 0 Å². The van der Waals surface area contributed by atoms with Crippen molar-refractivity contribution >= 4 is 40.9 Å². The summed E-state index contributed by atoms with van der Waals surface area (Å²) in [7, 11) is 1.55. The van der Waals surface area contributed by atoms with Crippen LogP contribution in [0.4, 0.5) is 0 Å². The maximum Gasteiger partial charge on any atom is 0.329 e. The summed E-state index contributed by atoms with van der Waals surface area (Å²) in [6.45, 7) is 6.07. The van der Waals surface area contributed by atoms with Gasteiger partial charge in [-0.3, -0.25) is 14.4 Å². The SMILES string of the molecule is CN(C(=O)[C@H](CCc1ccccc1)C(=S)NC(=O)C(Cc1cccc(OCc2ccccc2)c1)N1CCCC1=O)C(CCCCO)C(=O)OC(C)(C)C. The molecular weight excluding hydrogens is 691 g/mol. The highest BCUT2D eigenvalue weighted by Crippen LogP contribution is 2.23. The summed E-state index contributed by atoms with van der Waals surface area (Å²) in [5, 5.41) is 12.3. The van der Waals surface area contributed by atoms with E-state index in [9.17, 15) is 24.3 Å². The van der Waals surface area contributed by atoms with E-state index in [-0.39, 0.29) is 36.8 Å². The van der Waals surface area contributed by atoms with Crippen molar-refractivity contribution in [2.75, 3.05) is 20.2 Å². The Bertz CT molecular complexity index is 1680. The summed E-state index contributed by atoms with van der Waals surface area (Å²) in [5.41, 5.74) is 2.04. The molecule has 0 bridgehead atoms. The molecular formula is C42H53N3O7S. The Labute approximate surface area is 318 Å². The fourth-order valence-corrected chi connectivity index (χ4v) is 6.69. The van der Waals surface area contributed by atoms with E-state index in [4.69, 9.17) is 21.7 Å². The standard InChI is InChI=1S/C42H53N3O7S/c1-42(2,3)52-41(50)35(21-11-12-26-46)44(4)40(49)34(24-23-30-15-7-5-8-16-30)39(53)43-38(48)36(45-25-14-22-37(45)47)28-32-19-13-20-33(27-32)51-29-31-17-9-6-10-18-31/h5-10,13,15-20,27,34-36,46H,11-12,14,21-26,28-29H2,1-4H3,(H,43,48,53)/t34-,35?,36?/m1/s1. The van der Waals surface area contributed by atoms with Crippen LogP contribution in [-0.4, -0.2) is 81.5 Å². The Morgan fingerprint density at radius 3 is 2.21 bits per heavy atom. The van der Waals surface area contributed by atoms with Crippen molar-refractivity contribution in [3.63, 3.8) is 0 Å². The molecule has 3 atom stereocenters. The van der Waals surface area contributed by atoms with E-state index in [0.29, 0.717) is 51.0 Å². The molecule has 0 saturated carbocycles. The first-order valence-corrected chi connectivity index (χ1v) is 18.8. The number of carbonyl (C=O) groups excluding carboxylic acids is 4. The van der Waals surface area contributed by atoms with Crippen LogP contribution in [0.15, 0.2) is 84.9 Å². The number of hydrogen-bond acceptors (Lipinski definition) is 8. The number of nitrogens with zero attached hydrogens (tertiary/aromatic N) is 2. The summed E-state index contributed by atoms with van der Waals surface area (Å²) in [4.78, 5) is 57.9. The van der Waals surface area contributed by atoms with Crippen molar-refractivity contribution in [3.8, 4) is 5.75 Å². The molecule has 1 aliphatic heterocycles. The predicted octanol–water partition coefficient (Wildman–Crippen LogP) is 5.82. The smallest absolute Gasteiger partial charge is 0.329 e. The van der Waals surface area contributed by atoms with Crippen molar-refractivity contribution in [1.29, 1.82) is 0 Å². The first-order valence-electron chi connectivity index (χ1n) is 18.4. The zero-order valence-electron chi connectivity index (χ0n) is 31.3. The number of thiocarbonyl (C=S) groups is 1. The molecule has 0 aliphatic carbocycles. The number of likely N-dealkylation sites (N-methyl/N-ethyl adjacent to an activating group) is 1. The molecule has 1 heterocycles. The molecule has 4 rings (SSSR count). The van der Waals surface area contributed by atoms with Gasteiger partial charge in [0.2, 0.25) is 17.7 Å². The minimum atomic E-state index is -0.952. The van der Waals surface area contributed by atoms with E-state index < -0.39 is 41.4 Å². The molecule has 3 amide bonds. The van der Waals surface area contributed by atoms with Crippen LogP contribution in [0.25, 0.3) is 0 Å². The summed E-state index contributed by atoms with van der Waals surface area (Å²) in [5.74, 6) is -1.89. The van der Waals surface area contributed by atoms with Gasteiger partial charge in [-0.25, -0.2) is 4.79 Å². The first-order chi connectivity index (χ1) is 25.4. The van der Waals surface area contributed by atoms with Crippen LogP contribution in [0.3, 0.4) is 0 Å². The third kappa shape index (κ3) is 12.8. The van der Waals surface area contributed by atoms with Crippen LogP contribution < -0.4 is 10.1 Å². The van der Waals surface area contributed by atoms with Gasteiger partial charge in [0.25, 0.3) is 0 Å². The third-order valence-electron chi connectivity index (χ3n) is 9.17. The average molecular weight is 744 g/mol. The molecule has 1 fully saturated rings. The average Bonchev–Trinajstić information content (AvgIpc) is 3.56. The van der Waals surface area contributed by atoms with Crippen LogP contribution in [0.2, 0.25) is 0 Å². The summed E-state index contributed by atoms with van der Waals surface area (Å²) in [6, 6.07) is 25.1. The molecule has 10 nitrogen and oxygen atoms in total. The fraction of sp³-hybridized carbons (Fsp3) is 0.452. The van der Waals surface area contributed by atoms with Crippen molar-refractivity contribution in [1.82, 2.24) is 15.1 Å². The van der Waals surface area contributed by atoms with E-state index in [2.05, 4.69) is 5.32 Å². The van der Waals surface area contributed by atoms with Crippen LogP contribution in [0.1, 0.15) is 76.0 Å².